The summed E-state index contributed by atoms with van der Waals surface area (Å²) in [5.41, 5.74) is 8.79. The number of hydrogen-bond donors (Lipinski definition) is 6. The molecule has 3 heterocycles. The van der Waals surface area contributed by atoms with Crippen LogP contribution in [-0.2, 0) is 0 Å². The third-order valence-corrected chi connectivity index (χ3v) is 5.87. The van der Waals surface area contributed by atoms with E-state index in [0.717, 1.165) is 55.1 Å². The molecule has 38 heavy (non-hydrogen) atoms. The van der Waals surface area contributed by atoms with Crippen LogP contribution in [-0.4, -0.2) is 43.0 Å². The minimum Gasteiger partial charge on any atom is -0.354 e. The number of nitrogens with one attached hydrogen (secondary N) is 5. The lowest BCUT2D eigenvalue weighted by Gasteiger charge is -2.14. The minimum absolute atomic E-state index is 0.424. The first-order valence-corrected chi connectivity index (χ1v) is 12.9. The molecule has 5 rings (SSSR count). The summed E-state index contributed by atoms with van der Waals surface area (Å²) in [6.07, 6.45) is 8.38. The number of hydrogen-bond acceptors (Lipinski definition) is 12. The Bertz CT molecular complexity index is 1260. The summed E-state index contributed by atoms with van der Waals surface area (Å²) in [5.74, 6) is 2.20. The molecule has 2 aromatic carbocycles. The molecule has 2 aromatic heterocycles. The van der Waals surface area contributed by atoms with E-state index in [2.05, 4.69) is 56.5 Å². The third kappa shape index (κ3) is 7.23. The van der Waals surface area contributed by atoms with Crippen molar-refractivity contribution < 1.29 is 0 Å². The van der Waals surface area contributed by atoms with E-state index in [1.54, 1.807) is 0 Å². The Morgan fingerprint density at radius 3 is 1.61 bits per heavy atom. The van der Waals surface area contributed by atoms with Gasteiger partial charge in [-0.15, -0.1) is 0 Å². The molecule has 0 amide bonds. The van der Waals surface area contributed by atoms with E-state index in [-0.39, 0.29) is 0 Å². The van der Waals surface area contributed by atoms with E-state index in [4.69, 9.17) is 5.73 Å². The van der Waals surface area contributed by atoms with E-state index in [1.165, 1.54) is 25.6 Å². The first-order chi connectivity index (χ1) is 18.7. The van der Waals surface area contributed by atoms with Gasteiger partial charge < -0.3 is 32.3 Å². The molecule has 0 atom stereocenters. The standard InChI is InChI=1S/C26H32N12/c27-13-5-3-1-2-4-6-14-28-22-36-25-33-20-11-7-9-18(15-20)31-23-29-17-30-24(35-23)32-19-10-8-12-21(16-19)34-26(37-22)38-25/h7-12,15-17H,1-6,13-14,27H2,(H2,29,30,31,32,35)(H3,28,33,34,36,37,38). The van der Waals surface area contributed by atoms with Crippen molar-refractivity contribution in [2.75, 3.05) is 39.7 Å². The van der Waals surface area contributed by atoms with Crippen LogP contribution in [0, 0.1) is 0 Å². The van der Waals surface area contributed by atoms with Gasteiger partial charge in [0.25, 0.3) is 0 Å². The van der Waals surface area contributed by atoms with Crippen LogP contribution < -0.4 is 32.3 Å². The van der Waals surface area contributed by atoms with Crippen LogP contribution >= 0.6 is 0 Å². The topological polar surface area (TPSA) is 164 Å². The van der Waals surface area contributed by atoms with E-state index in [9.17, 15) is 0 Å². The number of nitrogens with two attached hydrogens (primary N) is 1. The quantitative estimate of drug-likeness (QED) is 0.146. The van der Waals surface area contributed by atoms with Crippen molar-refractivity contribution in [2.45, 2.75) is 38.5 Å². The Balaban J connectivity index is 1.37. The highest BCUT2D eigenvalue weighted by molar-refractivity contribution is 5.68. The van der Waals surface area contributed by atoms with E-state index in [1.807, 2.05) is 48.5 Å². The summed E-state index contributed by atoms with van der Waals surface area (Å²) in [6, 6.07) is 15.4. The van der Waals surface area contributed by atoms with Crippen LogP contribution in [0.15, 0.2) is 54.9 Å². The van der Waals surface area contributed by atoms with Gasteiger partial charge >= 0.3 is 0 Å². The zero-order valence-corrected chi connectivity index (χ0v) is 21.1. The van der Waals surface area contributed by atoms with Gasteiger partial charge in [0.15, 0.2) is 0 Å². The molecule has 0 radical (unpaired) electrons. The molecule has 0 saturated carbocycles. The molecule has 0 spiro atoms. The third-order valence-electron chi connectivity index (χ3n) is 5.87. The number of aromatic nitrogens is 6. The number of anilines is 9. The fraction of sp³-hybridized carbons (Fsp3) is 0.308. The maximum Gasteiger partial charge on any atom is 0.233 e. The second-order valence-electron chi connectivity index (χ2n) is 8.94. The Kier molecular flexibility index (Phi) is 8.31. The molecule has 7 N–H and O–H groups in total. The molecular weight excluding hydrogens is 480 g/mol. The van der Waals surface area contributed by atoms with E-state index in [0.29, 0.717) is 29.7 Å². The van der Waals surface area contributed by atoms with Crippen molar-refractivity contribution in [2.24, 2.45) is 5.73 Å². The number of fused-ring (bicyclic) bond motifs is 8. The van der Waals surface area contributed by atoms with Crippen molar-refractivity contribution in [1.82, 2.24) is 29.9 Å². The number of benzene rings is 2. The number of unbranched alkanes of at least 4 members (excludes halogenated alkanes) is 5. The monoisotopic (exact) mass is 512 g/mol. The molecule has 1 aliphatic heterocycles. The molecule has 0 fully saturated rings. The van der Waals surface area contributed by atoms with Crippen molar-refractivity contribution >= 4 is 52.5 Å². The highest BCUT2D eigenvalue weighted by atomic mass is 15.3. The largest absolute Gasteiger partial charge is 0.354 e. The predicted molar refractivity (Wildman–Crippen MR) is 151 cm³/mol. The minimum atomic E-state index is 0.424. The lowest BCUT2D eigenvalue weighted by atomic mass is 10.1. The second kappa shape index (κ2) is 12.6. The zero-order chi connectivity index (χ0) is 26.0. The van der Waals surface area contributed by atoms with Crippen LogP contribution in [0.2, 0.25) is 0 Å². The van der Waals surface area contributed by atoms with E-state index >= 15 is 0 Å². The van der Waals surface area contributed by atoms with Crippen molar-refractivity contribution in [3.8, 4) is 0 Å². The second-order valence-corrected chi connectivity index (χ2v) is 8.94. The smallest absolute Gasteiger partial charge is 0.233 e. The van der Waals surface area contributed by atoms with Crippen LogP contribution in [0.25, 0.3) is 0 Å². The average Bonchev–Trinajstić information content (AvgIpc) is 2.90. The van der Waals surface area contributed by atoms with Gasteiger partial charge in [0.2, 0.25) is 29.7 Å². The highest BCUT2D eigenvalue weighted by Crippen LogP contribution is 2.25. The fourth-order valence-electron chi connectivity index (χ4n) is 4.03. The molecule has 12 heteroatoms. The summed E-state index contributed by atoms with van der Waals surface area (Å²) in [5, 5.41) is 16.4. The average molecular weight is 513 g/mol. The Morgan fingerprint density at radius 2 is 1.05 bits per heavy atom. The lowest BCUT2D eigenvalue weighted by molar-refractivity contribution is 0.605. The Hall–Kier alpha value is -4.58. The van der Waals surface area contributed by atoms with Gasteiger partial charge in [-0.2, -0.15) is 19.9 Å². The first-order valence-electron chi connectivity index (χ1n) is 12.9. The molecule has 4 aromatic rings. The summed E-state index contributed by atoms with van der Waals surface area (Å²) in [6.45, 7) is 1.55. The molecule has 0 saturated heterocycles. The van der Waals surface area contributed by atoms with Crippen LogP contribution in [0.1, 0.15) is 38.5 Å². The van der Waals surface area contributed by atoms with Gasteiger partial charge in [-0.3, -0.25) is 0 Å². The molecule has 8 bridgehead atoms. The van der Waals surface area contributed by atoms with Crippen molar-refractivity contribution in [3.63, 3.8) is 0 Å². The number of nitrogens with zero attached hydrogens (tertiary/aromatic N) is 6. The Morgan fingerprint density at radius 1 is 0.579 bits per heavy atom. The van der Waals surface area contributed by atoms with Gasteiger partial charge in [0, 0.05) is 29.3 Å². The van der Waals surface area contributed by atoms with E-state index < -0.39 is 0 Å². The van der Waals surface area contributed by atoms with Crippen LogP contribution in [0.4, 0.5) is 52.5 Å². The van der Waals surface area contributed by atoms with Gasteiger partial charge in [0.05, 0.1) is 0 Å². The molecule has 1 aliphatic rings. The molecule has 0 unspecified atom stereocenters. The normalized spacial score (nSPS) is 11.9. The molecule has 196 valence electrons. The van der Waals surface area contributed by atoms with Gasteiger partial charge in [-0.05, 0) is 55.8 Å². The highest BCUT2D eigenvalue weighted by Gasteiger charge is 2.10. The maximum atomic E-state index is 5.57. The zero-order valence-electron chi connectivity index (χ0n) is 21.1. The maximum absolute atomic E-state index is 5.57. The van der Waals surface area contributed by atoms with Gasteiger partial charge in [0.1, 0.15) is 6.33 Å². The first kappa shape index (κ1) is 25.1. The fourth-order valence-corrected chi connectivity index (χ4v) is 4.03. The molecular formula is C26H32N12. The summed E-state index contributed by atoms with van der Waals surface area (Å²) in [7, 11) is 0. The van der Waals surface area contributed by atoms with Crippen molar-refractivity contribution in [3.05, 3.63) is 54.9 Å². The summed E-state index contributed by atoms with van der Waals surface area (Å²) < 4.78 is 0. The molecule has 0 aliphatic carbocycles. The Labute approximate surface area is 221 Å². The summed E-state index contributed by atoms with van der Waals surface area (Å²) in [4.78, 5) is 26.8. The predicted octanol–water partition coefficient (Wildman–Crippen LogP) is 5.06. The van der Waals surface area contributed by atoms with Gasteiger partial charge in [-0.25, -0.2) is 9.97 Å². The lowest BCUT2D eigenvalue weighted by Crippen LogP contribution is -2.11. The molecule has 12 nitrogen and oxygen atoms in total. The van der Waals surface area contributed by atoms with Gasteiger partial charge in [-0.1, -0.05) is 37.8 Å². The van der Waals surface area contributed by atoms with Crippen molar-refractivity contribution in [1.29, 1.82) is 0 Å². The van der Waals surface area contributed by atoms with Crippen LogP contribution in [0.3, 0.4) is 0 Å². The summed E-state index contributed by atoms with van der Waals surface area (Å²) >= 11 is 0. The van der Waals surface area contributed by atoms with Crippen LogP contribution in [0.5, 0.6) is 0 Å². The number of rotatable bonds is 9. The SMILES string of the molecule is NCCCCCCCCNc1nc2nc(n1)Nc1cccc(c1)Nc1ncnc(n1)Nc1cccc(c1)N2.